The van der Waals surface area contributed by atoms with Crippen molar-refractivity contribution in [3.63, 3.8) is 0 Å². The quantitative estimate of drug-likeness (QED) is 0.807. The van der Waals surface area contributed by atoms with Crippen molar-refractivity contribution < 1.29 is 9.59 Å². The molecule has 124 valence electrons. The number of piperidine rings is 1. The summed E-state index contributed by atoms with van der Waals surface area (Å²) in [5, 5.41) is 2.82. The lowest BCUT2D eigenvalue weighted by Crippen LogP contribution is -2.46. The van der Waals surface area contributed by atoms with Crippen LogP contribution in [0, 0.1) is 11.3 Å². The minimum atomic E-state index is -0.0751. The van der Waals surface area contributed by atoms with E-state index < -0.39 is 0 Å². The van der Waals surface area contributed by atoms with E-state index in [-0.39, 0.29) is 35.6 Å². The van der Waals surface area contributed by atoms with Crippen LogP contribution in [0.2, 0.25) is 0 Å². The van der Waals surface area contributed by atoms with Gasteiger partial charge in [-0.1, -0.05) is 20.8 Å². The summed E-state index contributed by atoms with van der Waals surface area (Å²) in [6, 6.07) is 0. The molecule has 0 aromatic carbocycles. The summed E-state index contributed by atoms with van der Waals surface area (Å²) in [7, 11) is 0. The van der Waals surface area contributed by atoms with E-state index in [0.717, 1.165) is 25.8 Å². The van der Waals surface area contributed by atoms with Crippen molar-refractivity contribution in [1.82, 2.24) is 10.2 Å². The van der Waals surface area contributed by atoms with Crippen molar-refractivity contribution in [3.8, 4) is 0 Å². The average molecular weight is 320 g/mol. The van der Waals surface area contributed by atoms with Crippen LogP contribution < -0.4 is 11.1 Å². The molecular formula is C15H30ClN3O2. The second-order valence-electron chi connectivity index (χ2n) is 6.82. The second-order valence-corrected chi connectivity index (χ2v) is 6.82. The topological polar surface area (TPSA) is 75.4 Å². The molecule has 0 radical (unpaired) electrons. The SMILES string of the molecule is CC(C)(C)CCC(=O)N1CCCC(C(=O)NCCN)C1.Cl. The fourth-order valence-electron chi connectivity index (χ4n) is 2.40. The van der Waals surface area contributed by atoms with Crippen molar-refractivity contribution in [3.05, 3.63) is 0 Å². The highest BCUT2D eigenvalue weighted by Crippen LogP contribution is 2.23. The van der Waals surface area contributed by atoms with Crippen molar-refractivity contribution in [2.45, 2.75) is 46.5 Å². The average Bonchev–Trinajstić information content (AvgIpc) is 2.41. The molecule has 1 fully saturated rings. The van der Waals surface area contributed by atoms with Crippen molar-refractivity contribution in [2.75, 3.05) is 26.2 Å². The van der Waals surface area contributed by atoms with Gasteiger partial charge in [-0.2, -0.15) is 0 Å². The minimum Gasteiger partial charge on any atom is -0.355 e. The van der Waals surface area contributed by atoms with Crippen LogP contribution in [0.4, 0.5) is 0 Å². The van der Waals surface area contributed by atoms with Crippen LogP contribution in [-0.4, -0.2) is 42.9 Å². The summed E-state index contributed by atoms with van der Waals surface area (Å²) in [6.07, 6.45) is 3.22. The van der Waals surface area contributed by atoms with Gasteiger partial charge in [0.25, 0.3) is 0 Å². The van der Waals surface area contributed by atoms with Crippen LogP contribution in [0.15, 0.2) is 0 Å². The van der Waals surface area contributed by atoms with Gasteiger partial charge >= 0.3 is 0 Å². The Hall–Kier alpha value is -0.810. The Bertz CT molecular complexity index is 342. The summed E-state index contributed by atoms with van der Waals surface area (Å²) < 4.78 is 0. The van der Waals surface area contributed by atoms with Gasteiger partial charge in [-0.15, -0.1) is 12.4 Å². The highest BCUT2D eigenvalue weighted by atomic mass is 35.5. The number of carbonyl (C=O) groups excluding carboxylic acids is 2. The zero-order valence-corrected chi connectivity index (χ0v) is 14.3. The molecule has 0 spiro atoms. The Balaban J connectivity index is 0.00000400. The number of likely N-dealkylation sites (tertiary alicyclic amines) is 1. The first-order chi connectivity index (χ1) is 9.33. The van der Waals surface area contributed by atoms with Gasteiger partial charge < -0.3 is 16.0 Å². The Morgan fingerprint density at radius 2 is 2.00 bits per heavy atom. The number of rotatable bonds is 5. The van der Waals surface area contributed by atoms with Gasteiger partial charge in [-0.25, -0.2) is 0 Å². The van der Waals surface area contributed by atoms with E-state index in [1.54, 1.807) is 0 Å². The summed E-state index contributed by atoms with van der Waals surface area (Å²) in [6.45, 7) is 8.71. The number of nitrogens with zero attached hydrogens (tertiary/aromatic N) is 1. The third-order valence-corrected chi connectivity index (χ3v) is 3.68. The van der Waals surface area contributed by atoms with E-state index >= 15 is 0 Å². The smallest absolute Gasteiger partial charge is 0.224 e. The molecule has 6 heteroatoms. The van der Waals surface area contributed by atoms with E-state index in [4.69, 9.17) is 5.73 Å². The van der Waals surface area contributed by atoms with E-state index in [2.05, 4.69) is 26.1 Å². The largest absolute Gasteiger partial charge is 0.355 e. The lowest BCUT2D eigenvalue weighted by atomic mass is 9.90. The Kier molecular flexibility index (Phi) is 8.90. The van der Waals surface area contributed by atoms with Crippen molar-refractivity contribution in [2.24, 2.45) is 17.1 Å². The fourth-order valence-corrected chi connectivity index (χ4v) is 2.40. The van der Waals surface area contributed by atoms with Crippen LogP contribution in [0.3, 0.4) is 0 Å². The van der Waals surface area contributed by atoms with Gasteiger partial charge in [0.05, 0.1) is 5.92 Å². The molecule has 21 heavy (non-hydrogen) atoms. The van der Waals surface area contributed by atoms with Crippen LogP contribution >= 0.6 is 12.4 Å². The first-order valence-electron chi connectivity index (χ1n) is 7.59. The molecule has 1 heterocycles. The second kappa shape index (κ2) is 9.26. The van der Waals surface area contributed by atoms with Crippen LogP contribution in [0.5, 0.6) is 0 Å². The third kappa shape index (κ3) is 7.67. The van der Waals surface area contributed by atoms with Crippen LogP contribution in [-0.2, 0) is 9.59 Å². The maximum absolute atomic E-state index is 12.2. The van der Waals surface area contributed by atoms with Gasteiger partial charge in [-0.3, -0.25) is 9.59 Å². The highest BCUT2D eigenvalue weighted by Gasteiger charge is 2.28. The zero-order chi connectivity index (χ0) is 15.2. The van der Waals surface area contributed by atoms with Gasteiger partial charge in [0.15, 0.2) is 0 Å². The molecule has 0 saturated carbocycles. The van der Waals surface area contributed by atoms with Gasteiger partial charge in [0.1, 0.15) is 0 Å². The standard InChI is InChI=1S/C15H29N3O2.ClH/c1-15(2,3)7-6-13(19)18-10-4-5-12(11-18)14(20)17-9-8-16;/h12H,4-11,16H2,1-3H3,(H,17,20);1H. The molecule has 0 aliphatic carbocycles. The van der Waals surface area contributed by atoms with Gasteiger partial charge in [0, 0.05) is 32.6 Å². The number of halogens is 1. The number of hydrogen-bond donors (Lipinski definition) is 2. The molecule has 1 atom stereocenters. The molecule has 1 rings (SSSR count). The van der Waals surface area contributed by atoms with E-state index in [1.165, 1.54) is 0 Å². The van der Waals surface area contributed by atoms with Crippen molar-refractivity contribution in [1.29, 1.82) is 0 Å². The molecule has 1 saturated heterocycles. The first-order valence-corrected chi connectivity index (χ1v) is 7.59. The molecule has 0 aromatic heterocycles. The Labute approximate surface area is 134 Å². The molecule has 2 amide bonds. The number of carbonyl (C=O) groups is 2. The van der Waals surface area contributed by atoms with E-state index in [9.17, 15) is 9.59 Å². The molecule has 1 unspecified atom stereocenters. The minimum absolute atomic E-state index is 0. The fraction of sp³-hybridized carbons (Fsp3) is 0.867. The molecule has 3 N–H and O–H groups in total. The van der Waals surface area contributed by atoms with Crippen LogP contribution in [0.1, 0.15) is 46.5 Å². The van der Waals surface area contributed by atoms with Crippen LogP contribution in [0.25, 0.3) is 0 Å². The number of nitrogens with one attached hydrogen (secondary N) is 1. The monoisotopic (exact) mass is 319 g/mol. The summed E-state index contributed by atoms with van der Waals surface area (Å²) in [5.74, 6) is 0.133. The lowest BCUT2D eigenvalue weighted by molar-refractivity contribution is -0.136. The van der Waals surface area contributed by atoms with Gasteiger partial charge in [-0.05, 0) is 24.7 Å². The summed E-state index contributed by atoms with van der Waals surface area (Å²) in [4.78, 5) is 26.0. The maximum atomic E-state index is 12.2. The van der Waals surface area contributed by atoms with E-state index in [0.29, 0.717) is 26.1 Å². The molecule has 1 aliphatic rings. The Morgan fingerprint density at radius 1 is 1.33 bits per heavy atom. The molecule has 1 aliphatic heterocycles. The molecule has 0 aromatic rings. The lowest BCUT2D eigenvalue weighted by Gasteiger charge is -2.32. The summed E-state index contributed by atoms with van der Waals surface area (Å²) in [5.41, 5.74) is 5.55. The van der Waals surface area contributed by atoms with Crippen molar-refractivity contribution >= 4 is 24.2 Å². The normalized spacial score (nSPS) is 18.9. The number of amides is 2. The number of hydrogen-bond acceptors (Lipinski definition) is 3. The zero-order valence-electron chi connectivity index (χ0n) is 13.5. The van der Waals surface area contributed by atoms with E-state index in [1.807, 2.05) is 4.90 Å². The third-order valence-electron chi connectivity index (χ3n) is 3.68. The maximum Gasteiger partial charge on any atom is 0.224 e. The molecule has 0 bridgehead atoms. The first kappa shape index (κ1) is 20.2. The predicted octanol–water partition coefficient (Wildman–Crippen LogP) is 1.55. The molecule has 5 nitrogen and oxygen atoms in total. The molecular weight excluding hydrogens is 290 g/mol. The predicted molar refractivity (Wildman–Crippen MR) is 87.3 cm³/mol. The Morgan fingerprint density at radius 3 is 2.57 bits per heavy atom. The van der Waals surface area contributed by atoms with Gasteiger partial charge in [0.2, 0.25) is 11.8 Å². The highest BCUT2D eigenvalue weighted by molar-refractivity contribution is 5.85. The summed E-state index contributed by atoms with van der Waals surface area (Å²) >= 11 is 0. The number of nitrogens with two attached hydrogens (primary N) is 1.